The van der Waals surface area contributed by atoms with Crippen molar-refractivity contribution in [2.75, 3.05) is 6.61 Å². The summed E-state index contributed by atoms with van der Waals surface area (Å²) in [5.41, 5.74) is 5.20. The van der Waals surface area contributed by atoms with Gasteiger partial charge in [0.1, 0.15) is 5.72 Å². The molecule has 8 nitrogen and oxygen atoms in total. The zero-order valence-corrected chi connectivity index (χ0v) is 17.7. The number of aryl methyl sites for hydroxylation is 1. The van der Waals surface area contributed by atoms with Gasteiger partial charge in [-0.2, -0.15) is 10.2 Å². The van der Waals surface area contributed by atoms with Gasteiger partial charge in [0.25, 0.3) is 0 Å². The minimum atomic E-state index is 0.0183. The first-order valence-corrected chi connectivity index (χ1v) is 11.1. The zero-order valence-electron chi connectivity index (χ0n) is 17.7. The van der Waals surface area contributed by atoms with E-state index in [-0.39, 0.29) is 5.72 Å². The van der Waals surface area contributed by atoms with Crippen LogP contribution in [0.15, 0.2) is 61.4 Å². The molecule has 3 aliphatic rings. The third kappa shape index (κ3) is 2.76. The smallest absolute Gasteiger partial charge is 0.159 e. The summed E-state index contributed by atoms with van der Waals surface area (Å²) in [6, 6.07) is 9.14. The summed E-state index contributed by atoms with van der Waals surface area (Å²) in [6.07, 6.45) is 13.9. The third-order valence-corrected chi connectivity index (χ3v) is 7.15. The minimum Gasteiger partial charge on any atom is -0.358 e. The molecular formula is C24H23N7O. The van der Waals surface area contributed by atoms with Crippen LogP contribution in [-0.4, -0.2) is 47.9 Å². The highest BCUT2D eigenvalue weighted by Crippen LogP contribution is 2.54. The van der Waals surface area contributed by atoms with Gasteiger partial charge in [0.05, 0.1) is 31.1 Å². The Balaban J connectivity index is 1.11. The van der Waals surface area contributed by atoms with Crippen LogP contribution >= 0.6 is 0 Å². The Bertz CT molecular complexity index is 1310. The molecule has 3 fully saturated rings. The van der Waals surface area contributed by atoms with Crippen LogP contribution in [0.1, 0.15) is 18.9 Å². The third-order valence-electron chi connectivity index (χ3n) is 7.15. The second kappa shape index (κ2) is 6.57. The maximum Gasteiger partial charge on any atom is 0.159 e. The summed E-state index contributed by atoms with van der Waals surface area (Å²) < 4.78 is 9.69. The van der Waals surface area contributed by atoms with Crippen molar-refractivity contribution in [3.63, 3.8) is 0 Å². The van der Waals surface area contributed by atoms with Gasteiger partial charge in [-0.15, -0.1) is 0 Å². The molecule has 5 heterocycles. The highest BCUT2D eigenvalue weighted by Gasteiger charge is 2.69. The van der Waals surface area contributed by atoms with E-state index in [1.807, 2.05) is 50.2 Å². The van der Waals surface area contributed by atoms with Crippen molar-refractivity contribution in [3.05, 3.63) is 61.4 Å². The number of nitrogens with zero attached hydrogens (tertiary/aromatic N) is 6. The number of hydrogen-bond acceptors (Lipinski definition) is 6. The molecule has 2 saturated heterocycles. The maximum atomic E-state index is 5.77. The molecule has 1 aromatic carbocycles. The van der Waals surface area contributed by atoms with Crippen LogP contribution in [0.25, 0.3) is 33.6 Å². The number of ether oxygens (including phenoxy) is 1. The molecule has 4 aromatic rings. The Labute approximate surface area is 185 Å². The second-order valence-electron chi connectivity index (χ2n) is 9.11. The van der Waals surface area contributed by atoms with Crippen molar-refractivity contribution in [1.82, 2.24) is 34.8 Å². The Hall–Kier alpha value is -3.36. The van der Waals surface area contributed by atoms with Crippen LogP contribution in [0.2, 0.25) is 0 Å². The molecule has 3 aromatic heterocycles. The highest BCUT2D eigenvalue weighted by molar-refractivity contribution is 5.70. The molecule has 0 bridgehead atoms. The largest absolute Gasteiger partial charge is 0.358 e. The van der Waals surface area contributed by atoms with Gasteiger partial charge < -0.3 is 4.74 Å². The van der Waals surface area contributed by atoms with Gasteiger partial charge in [0.2, 0.25) is 0 Å². The molecular weight excluding hydrogens is 402 g/mol. The predicted octanol–water partition coefficient (Wildman–Crippen LogP) is 3.06. The van der Waals surface area contributed by atoms with E-state index in [1.54, 1.807) is 4.68 Å². The fourth-order valence-electron chi connectivity index (χ4n) is 5.27. The topological polar surface area (TPSA) is 92.6 Å². The molecule has 0 radical (unpaired) electrons. The van der Waals surface area contributed by atoms with Crippen LogP contribution in [0.5, 0.6) is 0 Å². The van der Waals surface area contributed by atoms with Crippen molar-refractivity contribution in [1.29, 1.82) is 0 Å². The zero-order chi connectivity index (χ0) is 21.3. The quantitative estimate of drug-likeness (QED) is 0.505. The molecule has 1 N–H and O–H groups in total. The minimum absolute atomic E-state index is 0.0183. The van der Waals surface area contributed by atoms with Crippen LogP contribution < -0.4 is 5.32 Å². The molecule has 4 atom stereocenters. The molecule has 7 rings (SSSR count). The molecule has 1 spiro atoms. The number of nitrogens with one attached hydrogen (secondary N) is 1. The van der Waals surface area contributed by atoms with Crippen molar-refractivity contribution >= 4 is 0 Å². The van der Waals surface area contributed by atoms with Gasteiger partial charge in [-0.3, -0.25) is 14.7 Å². The lowest BCUT2D eigenvalue weighted by atomic mass is 9.80. The van der Waals surface area contributed by atoms with Gasteiger partial charge in [0.15, 0.2) is 5.82 Å². The van der Waals surface area contributed by atoms with E-state index in [4.69, 9.17) is 4.74 Å². The number of hydrogen-bond donors (Lipinski definition) is 1. The van der Waals surface area contributed by atoms with Gasteiger partial charge >= 0.3 is 0 Å². The van der Waals surface area contributed by atoms with Gasteiger partial charge in [-0.1, -0.05) is 18.2 Å². The standard InChI is InChI=1S/C24H23N7O/c1-30-12-18(10-27-30)15-3-2-4-16(5-15)23-25-8-17(9-26-23)19-11-28-31(13-19)21-6-20-14-32-24(20)22(7-21)29-24/h2-5,8-13,20-22,29H,6-7,14H2,1H3. The lowest BCUT2D eigenvalue weighted by molar-refractivity contribution is -0.163. The first kappa shape index (κ1) is 18.2. The summed E-state index contributed by atoms with van der Waals surface area (Å²) in [5.74, 6) is 1.32. The highest BCUT2D eigenvalue weighted by atomic mass is 16.6. The molecule has 4 unspecified atom stereocenters. The number of aromatic nitrogens is 6. The summed E-state index contributed by atoms with van der Waals surface area (Å²) >= 11 is 0. The summed E-state index contributed by atoms with van der Waals surface area (Å²) in [4.78, 5) is 9.28. The average molecular weight is 425 g/mol. The Morgan fingerprint density at radius 3 is 2.50 bits per heavy atom. The molecule has 2 aliphatic heterocycles. The van der Waals surface area contributed by atoms with E-state index in [0.717, 1.165) is 47.3 Å². The van der Waals surface area contributed by atoms with E-state index in [0.29, 0.717) is 23.8 Å². The Kier molecular flexibility index (Phi) is 3.74. The fourth-order valence-corrected chi connectivity index (χ4v) is 5.27. The Morgan fingerprint density at radius 1 is 0.938 bits per heavy atom. The molecule has 1 saturated carbocycles. The summed E-state index contributed by atoms with van der Waals surface area (Å²) in [7, 11) is 1.92. The molecule has 32 heavy (non-hydrogen) atoms. The number of benzene rings is 1. The normalized spacial score (nSPS) is 28.0. The van der Waals surface area contributed by atoms with E-state index < -0.39 is 0 Å². The SMILES string of the molecule is Cn1cc(-c2cccc(-c3ncc(-c4cnn(C5CC6COC67NC7C5)c4)cn3)c2)cn1. The summed E-state index contributed by atoms with van der Waals surface area (Å²) in [6.45, 7) is 0.866. The van der Waals surface area contributed by atoms with E-state index in [9.17, 15) is 0 Å². The van der Waals surface area contributed by atoms with Crippen LogP contribution in [0.3, 0.4) is 0 Å². The van der Waals surface area contributed by atoms with E-state index in [1.165, 1.54) is 0 Å². The van der Waals surface area contributed by atoms with Gasteiger partial charge in [-0.05, 0) is 24.5 Å². The first-order chi connectivity index (χ1) is 15.7. The van der Waals surface area contributed by atoms with E-state index in [2.05, 4.69) is 48.5 Å². The van der Waals surface area contributed by atoms with Crippen LogP contribution in [0, 0.1) is 5.92 Å². The van der Waals surface area contributed by atoms with Crippen molar-refractivity contribution in [2.45, 2.75) is 30.7 Å². The van der Waals surface area contributed by atoms with Gasteiger partial charge in [-0.25, -0.2) is 9.97 Å². The predicted molar refractivity (Wildman–Crippen MR) is 118 cm³/mol. The average Bonchev–Trinajstić information content (AvgIpc) is 3.15. The van der Waals surface area contributed by atoms with Crippen molar-refractivity contribution in [3.8, 4) is 33.6 Å². The fraction of sp³-hybridized carbons (Fsp3) is 0.333. The van der Waals surface area contributed by atoms with Crippen molar-refractivity contribution in [2.24, 2.45) is 13.0 Å². The maximum absolute atomic E-state index is 5.77. The van der Waals surface area contributed by atoms with Crippen molar-refractivity contribution < 1.29 is 4.74 Å². The molecule has 8 heteroatoms. The summed E-state index contributed by atoms with van der Waals surface area (Å²) in [5, 5.41) is 12.5. The van der Waals surface area contributed by atoms with Crippen LogP contribution in [0.4, 0.5) is 0 Å². The first-order valence-electron chi connectivity index (χ1n) is 11.1. The number of rotatable bonds is 4. The molecule has 0 amide bonds. The van der Waals surface area contributed by atoms with E-state index >= 15 is 0 Å². The monoisotopic (exact) mass is 425 g/mol. The Morgan fingerprint density at radius 2 is 1.75 bits per heavy atom. The molecule has 1 aliphatic carbocycles. The van der Waals surface area contributed by atoms with Crippen LogP contribution in [-0.2, 0) is 11.8 Å². The lowest BCUT2D eigenvalue weighted by Gasteiger charge is -2.42. The second-order valence-corrected chi connectivity index (χ2v) is 9.11. The lowest BCUT2D eigenvalue weighted by Crippen LogP contribution is -2.50. The molecule has 160 valence electrons. The van der Waals surface area contributed by atoms with Gasteiger partial charge in [0, 0.05) is 60.0 Å².